The van der Waals surface area contributed by atoms with E-state index in [1.165, 1.54) is 0 Å². The molecular formula is C15H21N3O3. The molecule has 0 spiro atoms. The van der Waals surface area contributed by atoms with Crippen LogP contribution in [0, 0.1) is 11.8 Å². The van der Waals surface area contributed by atoms with Gasteiger partial charge >= 0.3 is 5.97 Å². The van der Waals surface area contributed by atoms with E-state index in [0.29, 0.717) is 17.9 Å². The molecule has 0 bridgehead atoms. The summed E-state index contributed by atoms with van der Waals surface area (Å²) in [5.41, 5.74) is 5.82. The molecule has 6 nitrogen and oxygen atoms in total. The topological polar surface area (TPSA) is 96.5 Å². The molecule has 2 heterocycles. The average Bonchev–Trinajstić information content (AvgIpc) is 2.46. The number of carboxylic acid groups (broad SMARTS) is 1. The molecule has 1 aliphatic rings. The van der Waals surface area contributed by atoms with Crippen LogP contribution < -0.4 is 10.6 Å². The van der Waals surface area contributed by atoms with E-state index in [0.717, 1.165) is 19.4 Å². The molecule has 6 heteroatoms. The van der Waals surface area contributed by atoms with Crippen LogP contribution in [0.25, 0.3) is 0 Å². The maximum atomic E-state index is 11.5. The summed E-state index contributed by atoms with van der Waals surface area (Å²) in [5, 5.41) is 8.93. The summed E-state index contributed by atoms with van der Waals surface area (Å²) in [6.07, 6.45) is 3.78. The van der Waals surface area contributed by atoms with E-state index in [1.807, 2.05) is 11.8 Å². The van der Waals surface area contributed by atoms with Crippen molar-refractivity contribution >= 4 is 17.7 Å². The van der Waals surface area contributed by atoms with Crippen LogP contribution in [-0.2, 0) is 4.79 Å². The maximum Gasteiger partial charge on any atom is 0.303 e. The van der Waals surface area contributed by atoms with Crippen LogP contribution in [0.1, 0.15) is 36.5 Å². The van der Waals surface area contributed by atoms with Crippen LogP contribution in [0.15, 0.2) is 18.3 Å². The van der Waals surface area contributed by atoms with Gasteiger partial charge in [0.1, 0.15) is 5.82 Å². The van der Waals surface area contributed by atoms with Gasteiger partial charge in [0, 0.05) is 25.7 Å². The van der Waals surface area contributed by atoms with E-state index in [1.54, 1.807) is 18.3 Å². The van der Waals surface area contributed by atoms with Crippen molar-refractivity contribution in [2.75, 3.05) is 18.0 Å². The predicted octanol–water partition coefficient (Wildman–Crippen LogP) is 1.51. The minimum Gasteiger partial charge on any atom is -0.481 e. The Hall–Kier alpha value is -2.11. The maximum absolute atomic E-state index is 11.5. The third-order valence-corrected chi connectivity index (χ3v) is 4.11. The highest BCUT2D eigenvalue weighted by atomic mass is 16.4. The van der Waals surface area contributed by atoms with E-state index >= 15 is 0 Å². The predicted molar refractivity (Wildman–Crippen MR) is 79.1 cm³/mol. The monoisotopic (exact) mass is 291 g/mol. The number of nitrogens with zero attached hydrogens (tertiary/aromatic N) is 2. The molecule has 21 heavy (non-hydrogen) atoms. The Kier molecular flexibility index (Phi) is 4.77. The second-order valence-electron chi connectivity index (χ2n) is 5.66. The molecule has 1 saturated heterocycles. The van der Waals surface area contributed by atoms with Crippen LogP contribution in [-0.4, -0.2) is 35.1 Å². The van der Waals surface area contributed by atoms with Gasteiger partial charge in [-0.3, -0.25) is 9.59 Å². The summed E-state index contributed by atoms with van der Waals surface area (Å²) in [4.78, 5) is 28.7. The fourth-order valence-corrected chi connectivity index (χ4v) is 2.95. The normalized spacial score (nSPS) is 20.0. The molecule has 1 amide bonds. The van der Waals surface area contributed by atoms with Crippen LogP contribution >= 0.6 is 0 Å². The van der Waals surface area contributed by atoms with E-state index in [4.69, 9.17) is 10.8 Å². The molecule has 1 aromatic heterocycles. The zero-order valence-corrected chi connectivity index (χ0v) is 12.2. The minimum absolute atomic E-state index is 0.103. The molecule has 1 aromatic rings. The summed E-state index contributed by atoms with van der Waals surface area (Å²) >= 11 is 0. The van der Waals surface area contributed by atoms with Crippen molar-refractivity contribution in [1.29, 1.82) is 0 Å². The first-order valence-electron chi connectivity index (χ1n) is 7.20. The molecule has 114 valence electrons. The zero-order valence-electron chi connectivity index (χ0n) is 12.2. The number of pyridine rings is 1. The SMILES string of the molecule is CC(CC(=O)O)C1CCCN(c2ncccc2C(N)=O)C1. The quantitative estimate of drug-likeness (QED) is 0.857. The van der Waals surface area contributed by atoms with Crippen molar-refractivity contribution in [2.24, 2.45) is 17.6 Å². The van der Waals surface area contributed by atoms with Gasteiger partial charge in [0.2, 0.25) is 0 Å². The number of amides is 1. The van der Waals surface area contributed by atoms with Gasteiger partial charge in [0.15, 0.2) is 0 Å². The number of rotatable bonds is 5. The summed E-state index contributed by atoms with van der Waals surface area (Å²) in [6.45, 7) is 3.50. The second kappa shape index (κ2) is 6.56. The first-order chi connectivity index (χ1) is 9.99. The Morgan fingerprint density at radius 2 is 2.33 bits per heavy atom. The highest BCUT2D eigenvalue weighted by molar-refractivity contribution is 5.97. The molecule has 0 saturated carbocycles. The van der Waals surface area contributed by atoms with Crippen molar-refractivity contribution < 1.29 is 14.7 Å². The number of aliphatic carboxylic acids is 1. The van der Waals surface area contributed by atoms with Crippen molar-refractivity contribution in [1.82, 2.24) is 4.98 Å². The van der Waals surface area contributed by atoms with Crippen LogP contribution in [0.3, 0.4) is 0 Å². The van der Waals surface area contributed by atoms with Crippen LogP contribution in [0.5, 0.6) is 0 Å². The number of carboxylic acids is 1. The standard InChI is InChI=1S/C15H21N3O3/c1-10(8-13(19)20)11-4-3-7-18(9-11)15-12(14(16)21)5-2-6-17-15/h2,5-6,10-11H,3-4,7-9H2,1H3,(H2,16,21)(H,19,20). The van der Waals surface area contributed by atoms with Gasteiger partial charge in [-0.15, -0.1) is 0 Å². The van der Waals surface area contributed by atoms with Gasteiger partial charge < -0.3 is 15.7 Å². The van der Waals surface area contributed by atoms with Crippen LogP contribution in [0.2, 0.25) is 0 Å². The van der Waals surface area contributed by atoms with E-state index in [-0.39, 0.29) is 18.3 Å². The Morgan fingerprint density at radius 1 is 1.57 bits per heavy atom. The molecule has 0 radical (unpaired) electrons. The lowest BCUT2D eigenvalue weighted by Crippen LogP contribution is -2.39. The minimum atomic E-state index is -0.768. The number of nitrogens with two attached hydrogens (primary N) is 1. The number of piperidine rings is 1. The number of carbonyl (C=O) groups is 2. The van der Waals surface area contributed by atoms with Crippen molar-refractivity contribution in [2.45, 2.75) is 26.2 Å². The molecule has 0 aromatic carbocycles. The Labute approximate surface area is 124 Å². The van der Waals surface area contributed by atoms with Gasteiger partial charge in [-0.05, 0) is 36.8 Å². The zero-order chi connectivity index (χ0) is 15.4. The lowest BCUT2D eigenvalue weighted by atomic mass is 9.84. The molecule has 2 atom stereocenters. The molecule has 2 unspecified atom stereocenters. The van der Waals surface area contributed by atoms with Crippen molar-refractivity contribution in [3.05, 3.63) is 23.9 Å². The first-order valence-corrected chi connectivity index (χ1v) is 7.20. The Morgan fingerprint density at radius 3 is 3.00 bits per heavy atom. The van der Waals surface area contributed by atoms with Crippen molar-refractivity contribution in [3.63, 3.8) is 0 Å². The fourth-order valence-electron chi connectivity index (χ4n) is 2.95. The number of hydrogen-bond acceptors (Lipinski definition) is 4. The third-order valence-electron chi connectivity index (χ3n) is 4.11. The number of primary amides is 1. The molecule has 0 aliphatic carbocycles. The molecule has 1 fully saturated rings. The van der Waals surface area contributed by atoms with E-state index in [2.05, 4.69) is 4.98 Å². The number of aromatic nitrogens is 1. The average molecular weight is 291 g/mol. The van der Waals surface area contributed by atoms with Gasteiger partial charge in [0.05, 0.1) is 5.56 Å². The summed E-state index contributed by atoms with van der Waals surface area (Å²) in [6, 6.07) is 3.37. The van der Waals surface area contributed by atoms with E-state index in [9.17, 15) is 9.59 Å². The summed E-state index contributed by atoms with van der Waals surface area (Å²) < 4.78 is 0. The molecular weight excluding hydrogens is 270 g/mol. The van der Waals surface area contributed by atoms with Gasteiger partial charge in [-0.1, -0.05) is 6.92 Å². The lowest BCUT2D eigenvalue weighted by Gasteiger charge is -2.36. The Balaban J connectivity index is 2.14. The summed E-state index contributed by atoms with van der Waals surface area (Å²) in [7, 11) is 0. The number of hydrogen-bond donors (Lipinski definition) is 2. The van der Waals surface area contributed by atoms with Gasteiger partial charge in [-0.2, -0.15) is 0 Å². The molecule has 2 rings (SSSR count). The van der Waals surface area contributed by atoms with Crippen LogP contribution in [0.4, 0.5) is 5.82 Å². The highest BCUT2D eigenvalue weighted by Crippen LogP contribution is 2.29. The second-order valence-corrected chi connectivity index (χ2v) is 5.66. The lowest BCUT2D eigenvalue weighted by molar-refractivity contribution is -0.138. The van der Waals surface area contributed by atoms with E-state index < -0.39 is 11.9 Å². The highest BCUT2D eigenvalue weighted by Gasteiger charge is 2.28. The fraction of sp³-hybridized carbons (Fsp3) is 0.533. The number of anilines is 1. The summed E-state index contributed by atoms with van der Waals surface area (Å²) in [5.74, 6) is -0.255. The molecule has 1 aliphatic heterocycles. The smallest absolute Gasteiger partial charge is 0.303 e. The Bertz CT molecular complexity index is 533. The largest absolute Gasteiger partial charge is 0.481 e. The third kappa shape index (κ3) is 3.71. The number of carbonyl (C=O) groups excluding carboxylic acids is 1. The van der Waals surface area contributed by atoms with Crippen molar-refractivity contribution in [3.8, 4) is 0 Å². The van der Waals surface area contributed by atoms with Gasteiger partial charge in [0.25, 0.3) is 5.91 Å². The first kappa shape index (κ1) is 15.3. The van der Waals surface area contributed by atoms with Gasteiger partial charge in [-0.25, -0.2) is 4.98 Å². The molecule has 3 N–H and O–H groups in total.